The molecule has 0 heterocycles. The van der Waals surface area contributed by atoms with Crippen LogP contribution in [0.1, 0.15) is 43.4 Å². The molecule has 0 aliphatic heterocycles. The van der Waals surface area contributed by atoms with Crippen molar-refractivity contribution < 1.29 is 14.2 Å². The Kier molecular flexibility index (Phi) is 14.7. The van der Waals surface area contributed by atoms with Crippen LogP contribution in [0.15, 0.2) is 104 Å². The molecule has 38 heavy (non-hydrogen) atoms. The van der Waals surface area contributed by atoms with Gasteiger partial charge in [-0.3, -0.25) is 0 Å². The maximum absolute atomic E-state index is 6.78. The van der Waals surface area contributed by atoms with Gasteiger partial charge in [-0.25, -0.2) is 0 Å². The number of rotatable bonds is 19. The fourth-order valence-electron chi connectivity index (χ4n) is 4.01. The van der Waals surface area contributed by atoms with Gasteiger partial charge < -0.3 is 14.2 Å². The third-order valence-corrected chi connectivity index (χ3v) is 9.27. The Labute approximate surface area is 238 Å². The Morgan fingerprint density at radius 1 is 0.605 bits per heavy atom. The van der Waals surface area contributed by atoms with Crippen molar-refractivity contribution in [1.29, 1.82) is 0 Å². The van der Waals surface area contributed by atoms with Crippen molar-refractivity contribution in [3.63, 3.8) is 0 Å². The zero-order chi connectivity index (χ0) is 26.8. The fourth-order valence-corrected chi connectivity index (χ4v) is 6.75. The molecule has 3 aromatic carbocycles. The molecule has 5 heteroatoms. The first-order valence-electron chi connectivity index (χ1n) is 13.6. The fraction of sp³-hybridized carbons (Fsp3) is 0.394. The summed E-state index contributed by atoms with van der Waals surface area (Å²) >= 11 is 3.93. The zero-order valence-electron chi connectivity index (χ0n) is 22.7. The lowest BCUT2D eigenvalue weighted by Gasteiger charge is -2.36. The second-order valence-corrected chi connectivity index (χ2v) is 11.9. The van der Waals surface area contributed by atoms with Crippen molar-refractivity contribution in [3.8, 4) is 0 Å². The van der Waals surface area contributed by atoms with Gasteiger partial charge in [0.2, 0.25) is 0 Å². The summed E-state index contributed by atoms with van der Waals surface area (Å²) in [4.78, 5) is 0. The predicted octanol–water partition coefficient (Wildman–Crippen LogP) is 8.54. The average Bonchev–Trinajstić information content (AvgIpc) is 2.98. The third kappa shape index (κ3) is 10.6. The predicted molar refractivity (Wildman–Crippen MR) is 165 cm³/mol. The zero-order valence-corrected chi connectivity index (χ0v) is 24.4. The van der Waals surface area contributed by atoms with Crippen molar-refractivity contribution in [3.05, 3.63) is 120 Å². The van der Waals surface area contributed by atoms with E-state index in [9.17, 15) is 0 Å². The average molecular weight is 551 g/mol. The normalized spacial score (nSPS) is 13.8. The van der Waals surface area contributed by atoms with Crippen LogP contribution in [0.2, 0.25) is 0 Å². The molecule has 0 fully saturated rings. The highest BCUT2D eigenvalue weighted by Gasteiger charge is 2.37. The molecule has 0 bridgehead atoms. The van der Waals surface area contributed by atoms with Crippen LogP contribution in [0.3, 0.4) is 0 Å². The molecule has 0 unspecified atom stereocenters. The Morgan fingerprint density at radius 2 is 1.00 bits per heavy atom. The van der Waals surface area contributed by atoms with Gasteiger partial charge in [0.1, 0.15) is 18.3 Å². The van der Waals surface area contributed by atoms with Crippen molar-refractivity contribution in [2.45, 2.75) is 69.4 Å². The highest BCUT2D eigenvalue weighted by Crippen LogP contribution is 2.35. The molecule has 3 atom stereocenters. The molecule has 3 rings (SSSR count). The van der Waals surface area contributed by atoms with Crippen LogP contribution in [0, 0.1) is 0 Å². The third-order valence-electron chi connectivity index (χ3n) is 5.98. The smallest absolute Gasteiger partial charge is 0.116 e. The van der Waals surface area contributed by atoms with Gasteiger partial charge in [0.05, 0.1) is 24.4 Å². The van der Waals surface area contributed by atoms with Crippen molar-refractivity contribution in [2.24, 2.45) is 0 Å². The summed E-state index contributed by atoms with van der Waals surface area (Å²) in [5.74, 6) is 2.14. The van der Waals surface area contributed by atoms with Crippen molar-refractivity contribution in [2.75, 3.05) is 11.5 Å². The SMILES string of the molecule is C=C[C@H](OCc1ccccc1)[C@H](OCc1ccccc1)[C@@H](OCc1ccccc1)C(SCCC)SCCC. The van der Waals surface area contributed by atoms with Crippen LogP contribution in [0.5, 0.6) is 0 Å². The molecular weight excluding hydrogens is 508 g/mol. The minimum absolute atomic E-state index is 0.189. The minimum atomic E-state index is -0.327. The summed E-state index contributed by atoms with van der Waals surface area (Å²) in [5.41, 5.74) is 3.41. The van der Waals surface area contributed by atoms with E-state index in [2.05, 4.69) is 69.0 Å². The molecule has 0 radical (unpaired) electrons. The summed E-state index contributed by atoms with van der Waals surface area (Å²) in [6.07, 6.45) is 3.27. The first kappa shape index (κ1) is 30.5. The van der Waals surface area contributed by atoms with Gasteiger partial charge in [-0.05, 0) is 41.0 Å². The van der Waals surface area contributed by atoms with Gasteiger partial charge in [0.15, 0.2) is 0 Å². The van der Waals surface area contributed by atoms with E-state index < -0.39 is 0 Å². The number of hydrogen-bond donors (Lipinski definition) is 0. The molecule has 0 amide bonds. The molecule has 0 N–H and O–H groups in total. The largest absolute Gasteiger partial charge is 0.369 e. The second kappa shape index (κ2) is 18.3. The number of hydrogen-bond acceptors (Lipinski definition) is 5. The second-order valence-electron chi connectivity index (χ2n) is 9.13. The standard InChI is InChI=1S/C33H42O3S2/c1-4-22-37-33(38-23-5-2)32(36-26-29-20-14-9-15-21-29)31(35-25-28-18-12-8-13-19-28)30(6-3)34-24-27-16-10-7-11-17-27/h6-21,30-33H,3-5,22-26H2,1-2H3/t30-,31-,32+/m0/s1. The first-order valence-corrected chi connectivity index (χ1v) is 15.7. The topological polar surface area (TPSA) is 27.7 Å². The maximum Gasteiger partial charge on any atom is 0.116 e. The number of benzene rings is 3. The van der Waals surface area contributed by atoms with Crippen LogP contribution in [0.25, 0.3) is 0 Å². The quantitative estimate of drug-likeness (QED) is 0.110. The maximum atomic E-state index is 6.78. The Bertz CT molecular complexity index is 993. The Balaban J connectivity index is 1.90. The number of thioether (sulfide) groups is 2. The lowest BCUT2D eigenvalue weighted by Crippen LogP contribution is -2.46. The van der Waals surface area contributed by atoms with E-state index >= 15 is 0 Å². The van der Waals surface area contributed by atoms with Gasteiger partial charge in [0.25, 0.3) is 0 Å². The monoisotopic (exact) mass is 550 g/mol. The van der Waals surface area contributed by atoms with Gasteiger partial charge in [0, 0.05) is 0 Å². The van der Waals surface area contributed by atoms with E-state index in [0.29, 0.717) is 19.8 Å². The summed E-state index contributed by atoms with van der Waals surface area (Å²) in [6, 6.07) is 31.0. The van der Waals surface area contributed by atoms with Gasteiger partial charge in [-0.15, -0.1) is 30.1 Å². The van der Waals surface area contributed by atoms with E-state index in [4.69, 9.17) is 14.2 Å². The molecule has 3 nitrogen and oxygen atoms in total. The summed E-state index contributed by atoms with van der Waals surface area (Å²) in [6.45, 7) is 10.1. The highest BCUT2D eigenvalue weighted by atomic mass is 32.2. The van der Waals surface area contributed by atoms with E-state index in [-0.39, 0.29) is 22.9 Å². The first-order chi connectivity index (χ1) is 18.7. The van der Waals surface area contributed by atoms with Gasteiger partial charge in [-0.2, -0.15) is 0 Å². The molecular formula is C33H42O3S2. The van der Waals surface area contributed by atoms with E-state index in [1.165, 1.54) is 0 Å². The van der Waals surface area contributed by atoms with E-state index in [1.807, 2.05) is 72.1 Å². The van der Waals surface area contributed by atoms with E-state index in [0.717, 1.165) is 41.0 Å². The number of ether oxygens (including phenoxy) is 3. The molecule has 204 valence electrons. The van der Waals surface area contributed by atoms with E-state index in [1.54, 1.807) is 0 Å². The van der Waals surface area contributed by atoms with Crippen LogP contribution in [-0.4, -0.2) is 34.4 Å². The van der Waals surface area contributed by atoms with Crippen LogP contribution < -0.4 is 0 Å². The Morgan fingerprint density at radius 3 is 1.39 bits per heavy atom. The Hall–Kier alpha value is -2.02. The molecule has 0 aliphatic rings. The molecule has 0 aromatic heterocycles. The summed E-state index contributed by atoms with van der Waals surface area (Å²) in [5, 5.41) is 0. The van der Waals surface area contributed by atoms with Gasteiger partial charge >= 0.3 is 0 Å². The summed E-state index contributed by atoms with van der Waals surface area (Å²) < 4.78 is 20.2. The molecule has 0 saturated carbocycles. The molecule has 3 aromatic rings. The highest BCUT2D eigenvalue weighted by molar-refractivity contribution is 8.17. The summed E-state index contributed by atoms with van der Waals surface area (Å²) in [7, 11) is 0. The minimum Gasteiger partial charge on any atom is -0.369 e. The van der Waals surface area contributed by atoms with Crippen molar-refractivity contribution >= 4 is 23.5 Å². The lowest BCUT2D eigenvalue weighted by molar-refractivity contribution is -0.133. The van der Waals surface area contributed by atoms with Gasteiger partial charge in [-0.1, -0.05) is 111 Å². The van der Waals surface area contributed by atoms with Crippen LogP contribution in [-0.2, 0) is 34.0 Å². The lowest BCUT2D eigenvalue weighted by atomic mass is 10.1. The van der Waals surface area contributed by atoms with Crippen LogP contribution in [0.4, 0.5) is 0 Å². The molecule has 0 spiro atoms. The molecule has 0 aliphatic carbocycles. The molecule has 0 saturated heterocycles. The van der Waals surface area contributed by atoms with Crippen molar-refractivity contribution in [1.82, 2.24) is 0 Å². The van der Waals surface area contributed by atoms with Crippen LogP contribution >= 0.6 is 23.5 Å².